The van der Waals surface area contributed by atoms with Gasteiger partial charge in [-0.25, -0.2) is 0 Å². The Kier molecular flexibility index (Phi) is 30.1. The van der Waals surface area contributed by atoms with Gasteiger partial charge in [0.1, 0.15) is 0 Å². The Morgan fingerprint density at radius 1 is 0.692 bits per heavy atom. The van der Waals surface area contributed by atoms with E-state index < -0.39 is 17.9 Å². The van der Waals surface area contributed by atoms with Crippen LogP contribution in [-0.4, -0.2) is 17.9 Å². The van der Waals surface area contributed by atoms with Crippen molar-refractivity contribution in [3.63, 3.8) is 0 Å². The van der Waals surface area contributed by atoms with Crippen molar-refractivity contribution in [1.82, 2.24) is 0 Å². The van der Waals surface area contributed by atoms with Crippen molar-refractivity contribution >= 4 is 17.9 Å². The van der Waals surface area contributed by atoms with Gasteiger partial charge in [0.2, 0.25) is 0 Å². The van der Waals surface area contributed by atoms with E-state index in [1.165, 1.54) is 0 Å². The van der Waals surface area contributed by atoms with Gasteiger partial charge in [-0.15, -0.1) is 0 Å². The second-order valence-corrected chi connectivity index (χ2v) is 1.47. The molecule has 0 unspecified atom stereocenters. The van der Waals surface area contributed by atoms with Gasteiger partial charge in [-0.05, 0) is 20.8 Å². The monoisotopic (exact) mass is 364 g/mol. The van der Waals surface area contributed by atoms with Gasteiger partial charge >= 0.3 is 0 Å². The SMILES string of the molecule is CC(=O)[O-].CC(=O)[O-].CC(=O)[O-].[Re]. The summed E-state index contributed by atoms with van der Waals surface area (Å²) in [6.07, 6.45) is 0. The molecule has 79 valence electrons. The van der Waals surface area contributed by atoms with Crippen molar-refractivity contribution in [3.05, 3.63) is 0 Å². The van der Waals surface area contributed by atoms with Crippen molar-refractivity contribution in [3.8, 4) is 0 Å². The van der Waals surface area contributed by atoms with E-state index in [0.29, 0.717) is 0 Å². The molecule has 0 atom stereocenters. The largest absolute Gasteiger partial charge is 0.550 e. The first-order valence-electron chi connectivity index (χ1n) is 2.72. The molecule has 0 heterocycles. The fraction of sp³-hybridized carbons (Fsp3) is 0.500. The van der Waals surface area contributed by atoms with E-state index in [4.69, 9.17) is 29.7 Å². The molecule has 0 spiro atoms. The number of rotatable bonds is 0. The third kappa shape index (κ3) is 1060. The number of carbonyl (C=O) groups excluding carboxylic acids is 3. The maximum atomic E-state index is 8.89. The summed E-state index contributed by atoms with van der Waals surface area (Å²) in [7, 11) is 0. The molecule has 0 saturated carbocycles. The van der Waals surface area contributed by atoms with E-state index in [-0.39, 0.29) is 20.4 Å². The number of hydrogen-bond donors (Lipinski definition) is 0. The molecule has 13 heavy (non-hydrogen) atoms. The van der Waals surface area contributed by atoms with Gasteiger partial charge in [-0.3, -0.25) is 0 Å². The van der Waals surface area contributed by atoms with Gasteiger partial charge in [-0.1, -0.05) is 0 Å². The Morgan fingerprint density at radius 2 is 0.692 bits per heavy atom. The first-order valence-corrected chi connectivity index (χ1v) is 2.72. The van der Waals surface area contributed by atoms with Crippen LogP contribution in [0.15, 0.2) is 0 Å². The van der Waals surface area contributed by atoms with Crippen molar-refractivity contribution in [1.29, 1.82) is 0 Å². The minimum absolute atomic E-state index is 0. The second-order valence-electron chi connectivity index (χ2n) is 1.47. The molecular weight excluding hydrogens is 354 g/mol. The molecule has 0 aromatic heterocycles. The Balaban J connectivity index is -0.0000000450. The maximum Gasteiger partial charge on any atom is 0.0383 e. The number of aliphatic carboxylic acids is 3. The molecule has 0 N–H and O–H groups in total. The van der Waals surface area contributed by atoms with Gasteiger partial charge < -0.3 is 29.7 Å². The molecule has 0 aromatic carbocycles. The Labute approximate surface area is 89.2 Å². The standard InChI is InChI=1S/3C2H4O2.Re/c3*1-2(3)4;/h3*1H3,(H,3,4);/p-3. The van der Waals surface area contributed by atoms with Crippen LogP contribution < -0.4 is 15.3 Å². The number of carbonyl (C=O) groups is 3. The van der Waals surface area contributed by atoms with Crippen LogP contribution in [0.1, 0.15) is 20.8 Å². The van der Waals surface area contributed by atoms with Crippen LogP contribution in [0.25, 0.3) is 0 Å². The van der Waals surface area contributed by atoms with Gasteiger partial charge in [0.15, 0.2) is 0 Å². The van der Waals surface area contributed by atoms with E-state index in [1.54, 1.807) is 0 Å². The first kappa shape index (κ1) is 22.7. The third-order valence-corrected chi connectivity index (χ3v) is 0. The molecule has 0 aliphatic carbocycles. The van der Waals surface area contributed by atoms with Crippen LogP contribution in [0.3, 0.4) is 0 Å². The van der Waals surface area contributed by atoms with Crippen LogP contribution in [0.4, 0.5) is 0 Å². The van der Waals surface area contributed by atoms with Crippen molar-refractivity contribution < 1.29 is 50.1 Å². The van der Waals surface area contributed by atoms with Crippen LogP contribution in [0.5, 0.6) is 0 Å². The topological polar surface area (TPSA) is 120 Å². The Hall–Kier alpha value is -0.928. The van der Waals surface area contributed by atoms with Crippen molar-refractivity contribution in [2.75, 3.05) is 0 Å². The molecule has 0 aliphatic rings. The summed E-state index contributed by atoms with van der Waals surface area (Å²) in [5.41, 5.74) is 0. The average Bonchev–Trinajstić information content (AvgIpc) is 1.54. The van der Waals surface area contributed by atoms with Gasteiger partial charge in [0.05, 0.1) is 0 Å². The van der Waals surface area contributed by atoms with E-state index in [2.05, 4.69) is 0 Å². The van der Waals surface area contributed by atoms with E-state index in [1.807, 2.05) is 0 Å². The first-order chi connectivity index (χ1) is 5.20. The van der Waals surface area contributed by atoms with Crippen LogP contribution >= 0.6 is 0 Å². The van der Waals surface area contributed by atoms with Crippen molar-refractivity contribution in [2.45, 2.75) is 20.8 Å². The van der Waals surface area contributed by atoms with E-state index >= 15 is 0 Å². The molecule has 0 bridgehead atoms. The second kappa shape index (κ2) is 17.2. The summed E-state index contributed by atoms with van der Waals surface area (Å²) in [5, 5.41) is 26.7. The molecule has 7 heteroatoms. The zero-order valence-corrected chi connectivity index (χ0v) is 10.0. The fourth-order valence-electron chi connectivity index (χ4n) is 0. The predicted octanol–water partition coefficient (Wildman–Crippen LogP) is -3.73. The molecule has 0 amide bonds. The van der Waals surface area contributed by atoms with Gasteiger partial charge in [0, 0.05) is 38.3 Å². The minimum atomic E-state index is -1.08. The zero-order valence-electron chi connectivity index (χ0n) is 7.33. The number of carboxylic acid groups (broad SMARTS) is 3. The molecular formula is C6H9O6Re-3. The number of hydrogen-bond acceptors (Lipinski definition) is 6. The average molecular weight is 363 g/mol. The molecule has 0 aliphatic heterocycles. The van der Waals surface area contributed by atoms with E-state index in [0.717, 1.165) is 20.8 Å². The van der Waals surface area contributed by atoms with Crippen LogP contribution in [0, 0.1) is 0 Å². The molecule has 6 nitrogen and oxygen atoms in total. The molecule has 0 saturated heterocycles. The van der Waals surface area contributed by atoms with Gasteiger partial charge in [0.25, 0.3) is 0 Å². The summed E-state index contributed by atoms with van der Waals surface area (Å²) in [6, 6.07) is 0. The zero-order chi connectivity index (χ0) is 10.7. The maximum absolute atomic E-state index is 8.89. The smallest absolute Gasteiger partial charge is 0.0383 e. The molecule has 0 fully saturated rings. The van der Waals surface area contributed by atoms with Gasteiger partial charge in [-0.2, -0.15) is 0 Å². The summed E-state index contributed by atoms with van der Waals surface area (Å²) < 4.78 is 0. The summed E-state index contributed by atoms with van der Waals surface area (Å²) in [4.78, 5) is 26.7. The fourth-order valence-corrected chi connectivity index (χ4v) is 0. The summed E-state index contributed by atoms with van der Waals surface area (Å²) in [6.45, 7) is 2.92. The predicted molar refractivity (Wildman–Crippen MR) is 32.0 cm³/mol. The van der Waals surface area contributed by atoms with Crippen LogP contribution in [0.2, 0.25) is 0 Å². The normalized spacial score (nSPS) is 5.77. The van der Waals surface area contributed by atoms with E-state index in [9.17, 15) is 0 Å². The number of carboxylic acids is 3. The minimum Gasteiger partial charge on any atom is -0.550 e. The molecule has 1 radical (unpaired) electrons. The molecule has 0 rings (SSSR count). The Bertz CT molecular complexity index is 115. The summed E-state index contributed by atoms with van der Waals surface area (Å²) >= 11 is 0. The third-order valence-electron chi connectivity index (χ3n) is 0. The quantitative estimate of drug-likeness (QED) is 0.436. The summed E-state index contributed by atoms with van der Waals surface area (Å²) in [5.74, 6) is -3.25. The molecule has 0 aromatic rings. The van der Waals surface area contributed by atoms with Crippen LogP contribution in [-0.2, 0) is 34.8 Å². The Morgan fingerprint density at radius 3 is 0.692 bits per heavy atom. The van der Waals surface area contributed by atoms with Crippen molar-refractivity contribution in [2.24, 2.45) is 0 Å².